The SMILES string of the molecule is COCc1ncc(CN2CCC[C@]3(CCN(C)C3)C2)cn1. The number of hydrogen-bond acceptors (Lipinski definition) is 5. The molecule has 0 saturated carbocycles. The van der Waals surface area contributed by atoms with Crippen LogP contribution in [0.4, 0.5) is 0 Å². The molecule has 1 spiro atoms. The summed E-state index contributed by atoms with van der Waals surface area (Å²) in [4.78, 5) is 13.8. The number of methoxy groups -OCH3 is 1. The van der Waals surface area contributed by atoms with Gasteiger partial charge in [-0.05, 0) is 44.8 Å². The lowest BCUT2D eigenvalue weighted by Gasteiger charge is -2.40. The van der Waals surface area contributed by atoms with Gasteiger partial charge in [-0.3, -0.25) is 4.90 Å². The average molecular weight is 290 g/mol. The molecule has 1 aromatic rings. The van der Waals surface area contributed by atoms with Gasteiger partial charge in [0.2, 0.25) is 0 Å². The molecule has 0 aliphatic carbocycles. The zero-order valence-electron chi connectivity index (χ0n) is 13.2. The predicted octanol–water partition coefficient (Wildman–Crippen LogP) is 1.54. The van der Waals surface area contributed by atoms with Crippen molar-refractivity contribution in [1.29, 1.82) is 0 Å². The molecule has 2 saturated heterocycles. The van der Waals surface area contributed by atoms with Gasteiger partial charge in [0.25, 0.3) is 0 Å². The quantitative estimate of drug-likeness (QED) is 0.841. The van der Waals surface area contributed by atoms with E-state index in [0.717, 1.165) is 12.4 Å². The molecule has 3 heterocycles. The molecular formula is C16H26N4O. The van der Waals surface area contributed by atoms with Crippen LogP contribution in [-0.4, -0.2) is 60.1 Å². The summed E-state index contributed by atoms with van der Waals surface area (Å²) in [5, 5.41) is 0. The first-order valence-electron chi connectivity index (χ1n) is 7.89. The Bertz CT molecular complexity index is 460. The molecule has 1 aromatic heterocycles. The molecule has 0 N–H and O–H groups in total. The summed E-state index contributed by atoms with van der Waals surface area (Å²) < 4.78 is 5.05. The molecule has 0 unspecified atom stereocenters. The van der Waals surface area contributed by atoms with Crippen LogP contribution in [0.15, 0.2) is 12.4 Å². The second-order valence-electron chi connectivity index (χ2n) is 6.74. The number of likely N-dealkylation sites (tertiary alicyclic amines) is 2. The molecule has 1 atom stereocenters. The van der Waals surface area contributed by atoms with Crippen LogP contribution in [0.25, 0.3) is 0 Å². The summed E-state index contributed by atoms with van der Waals surface area (Å²) in [6.07, 6.45) is 7.95. The highest BCUT2D eigenvalue weighted by molar-refractivity contribution is 5.06. The van der Waals surface area contributed by atoms with Gasteiger partial charge in [0.15, 0.2) is 5.82 Å². The van der Waals surface area contributed by atoms with Crippen LogP contribution in [-0.2, 0) is 17.9 Å². The van der Waals surface area contributed by atoms with E-state index in [1.54, 1.807) is 7.11 Å². The Morgan fingerprint density at radius 1 is 1.19 bits per heavy atom. The minimum Gasteiger partial charge on any atom is -0.377 e. The van der Waals surface area contributed by atoms with E-state index < -0.39 is 0 Å². The Hall–Kier alpha value is -1.04. The molecule has 5 nitrogen and oxygen atoms in total. The molecule has 3 rings (SSSR count). The minimum absolute atomic E-state index is 0.486. The lowest BCUT2D eigenvalue weighted by Crippen LogP contribution is -2.44. The van der Waals surface area contributed by atoms with Gasteiger partial charge in [-0.25, -0.2) is 9.97 Å². The monoisotopic (exact) mass is 290 g/mol. The average Bonchev–Trinajstić information content (AvgIpc) is 2.82. The molecule has 116 valence electrons. The van der Waals surface area contributed by atoms with Crippen LogP contribution in [0.5, 0.6) is 0 Å². The van der Waals surface area contributed by atoms with E-state index in [-0.39, 0.29) is 0 Å². The topological polar surface area (TPSA) is 41.5 Å². The first-order chi connectivity index (χ1) is 10.2. The number of nitrogens with zero attached hydrogens (tertiary/aromatic N) is 4. The molecule has 21 heavy (non-hydrogen) atoms. The van der Waals surface area contributed by atoms with Gasteiger partial charge in [-0.1, -0.05) is 0 Å². The van der Waals surface area contributed by atoms with E-state index in [1.807, 2.05) is 12.4 Å². The fraction of sp³-hybridized carbons (Fsp3) is 0.750. The molecule has 0 aromatic carbocycles. The van der Waals surface area contributed by atoms with E-state index in [9.17, 15) is 0 Å². The largest absolute Gasteiger partial charge is 0.377 e. The number of rotatable bonds is 4. The van der Waals surface area contributed by atoms with Crippen molar-refractivity contribution >= 4 is 0 Å². The minimum atomic E-state index is 0.486. The summed E-state index contributed by atoms with van der Waals surface area (Å²) >= 11 is 0. The molecule has 0 amide bonds. The number of piperidine rings is 1. The Kier molecular flexibility index (Phi) is 4.52. The summed E-state index contributed by atoms with van der Waals surface area (Å²) in [6.45, 7) is 6.38. The number of ether oxygens (including phenoxy) is 1. The van der Waals surface area contributed by atoms with E-state index in [2.05, 4.69) is 26.8 Å². The first kappa shape index (κ1) is 14.9. The van der Waals surface area contributed by atoms with Crippen LogP contribution < -0.4 is 0 Å². The maximum atomic E-state index is 5.05. The highest BCUT2D eigenvalue weighted by Crippen LogP contribution is 2.38. The Balaban J connectivity index is 1.59. The highest BCUT2D eigenvalue weighted by Gasteiger charge is 2.39. The standard InChI is InChI=1S/C16H26N4O/c1-19-7-5-16(12-19)4-3-6-20(13-16)10-14-8-17-15(11-21-2)18-9-14/h8-9H,3-7,10-13H2,1-2H3/t16-/m1/s1. The molecule has 0 bridgehead atoms. The fourth-order valence-electron chi connectivity index (χ4n) is 3.86. The predicted molar refractivity (Wildman–Crippen MR) is 81.8 cm³/mol. The zero-order valence-corrected chi connectivity index (χ0v) is 13.2. The van der Waals surface area contributed by atoms with Crippen LogP contribution in [0.1, 0.15) is 30.7 Å². The highest BCUT2D eigenvalue weighted by atomic mass is 16.5. The van der Waals surface area contributed by atoms with E-state index in [1.165, 1.54) is 51.0 Å². The molecule has 2 fully saturated rings. The fourth-order valence-corrected chi connectivity index (χ4v) is 3.86. The van der Waals surface area contributed by atoms with Crippen molar-refractivity contribution in [3.8, 4) is 0 Å². The van der Waals surface area contributed by atoms with Crippen molar-refractivity contribution in [2.75, 3.05) is 40.3 Å². The number of hydrogen-bond donors (Lipinski definition) is 0. The summed E-state index contributed by atoms with van der Waals surface area (Å²) in [5.41, 5.74) is 1.74. The third kappa shape index (κ3) is 3.59. The maximum absolute atomic E-state index is 5.05. The van der Waals surface area contributed by atoms with Crippen molar-refractivity contribution < 1.29 is 4.74 Å². The van der Waals surface area contributed by atoms with Gasteiger partial charge >= 0.3 is 0 Å². The van der Waals surface area contributed by atoms with Gasteiger partial charge in [0.05, 0.1) is 0 Å². The molecule has 0 radical (unpaired) electrons. The molecule has 2 aliphatic rings. The zero-order chi connectivity index (χ0) is 14.7. The van der Waals surface area contributed by atoms with E-state index in [0.29, 0.717) is 12.0 Å². The normalized spacial score (nSPS) is 27.5. The Labute approximate surface area is 127 Å². The number of aromatic nitrogens is 2. The summed E-state index contributed by atoms with van der Waals surface area (Å²) in [5.74, 6) is 0.758. The lowest BCUT2D eigenvalue weighted by atomic mass is 9.79. The van der Waals surface area contributed by atoms with Crippen molar-refractivity contribution in [3.63, 3.8) is 0 Å². The van der Waals surface area contributed by atoms with Gasteiger partial charge in [-0.2, -0.15) is 0 Å². The van der Waals surface area contributed by atoms with Crippen molar-refractivity contribution in [2.45, 2.75) is 32.4 Å². The lowest BCUT2D eigenvalue weighted by molar-refractivity contribution is 0.0897. The van der Waals surface area contributed by atoms with E-state index >= 15 is 0 Å². The van der Waals surface area contributed by atoms with Gasteiger partial charge < -0.3 is 9.64 Å². The van der Waals surface area contributed by atoms with Crippen molar-refractivity contribution in [2.24, 2.45) is 5.41 Å². The van der Waals surface area contributed by atoms with Crippen molar-refractivity contribution in [1.82, 2.24) is 19.8 Å². The van der Waals surface area contributed by atoms with Crippen LogP contribution in [0.2, 0.25) is 0 Å². The second kappa shape index (κ2) is 6.38. The maximum Gasteiger partial charge on any atom is 0.153 e. The molecule has 2 aliphatic heterocycles. The van der Waals surface area contributed by atoms with Crippen LogP contribution >= 0.6 is 0 Å². The molecule has 5 heteroatoms. The Morgan fingerprint density at radius 3 is 2.67 bits per heavy atom. The smallest absolute Gasteiger partial charge is 0.153 e. The van der Waals surface area contributed by atoms with Crippen LogP contribution in [0, 0.1) is 5.41 Å². The van der Waals surface area contributed by atoms with Crippen molar-refractivity contribution in [3.05, 3.63) is 23.8 Å². The molecular weight excluding hydrogens is 264 g/mol. The summed E-state index contributed by atoms with van der Waals surface area (Å²) in [6, 6.07) is 0. The van der Waals surface area contributed by atoms with Gasteiger partial charge in [0.1, 0.15) is 6.61 Å². The van der Waals surface area contributed by atoms with Gasteiger partial charge in [0, 0.05) is 44.7 Å². The first-order valence-corrected chi connectivity index (χ1v) is 7.89. The van der Waals surface area contributed by atoms with Crippen LogP contribution in [0.3, 0.4) is 0 Å². The third-order valence-corrected chi connectivity index (χ3v) is 4.81. The Morgan fingerprint density at radius 2 is 2.00 bits per heavy atom. The second-order valence-corrected chi connectivity index (χ2v) is 6.74. The summed E-state index contributed by atoms with van der Waals surface area (Å²) in [7, 11) is 3.92. The van der Waals surface area contributed by atoms with Gasteiger partial charge in [-0.15, -0.1) is 0 Å². The third-order valence-electron chi connectivity index (χ3n) is 4.81. The van der Waals surface area contributed by atoms with E-state index in [4.69, 9.17) is 4.74 Å².